The Morgan fingerprint density at radius 2 is 2.11 bits per heavy atom. The van der Waals surface area contributed by atoms with Crippen LogP contribution in [-0.2, 0) is 0 Å². The van der Waals surface area contributed by atoms with E-state index in [1.165, 1.54) is 0 Å². The van der Waals surface area contributed by atoms with Gasteiger partial charge in [-0.05, 0) is 26.8 Å². The first-order valence-electron chi connectivity index (χ1n) is 5.93. The Morgan fingerprint density at radius 3 is 2.72 bits per heavy atom. The van der Waals surface area contributed by atoms with Crippen LogP contribution in [0, 0.1) is 6.92 Å². The molecule has 6 heteroatoms. The zero-order valence-corrected chi connectivity index (χ0v) is 10.8. The largest absolute Gasteiger partial charge is 0.368 e. The monoisotopic (exact) mass is 246 g/mol. The summed E-state index contributed by atoms with van der Waals surface area (Å²) in [6.07, 6.45) is 3.72. The maximum absolute atomic E-state index is 5.63. The molecule has 3 N–H and O–H groups in total. The van der Waals surface area contributed by atoms with Gasteiger partial charge in [-0.25, -0.2) is 4.98 Å². The van der Waals surface area contributed by atoms with Crippen molar-refractivity contribution in [1.29, 1.82) is 0 Å². The SMILES string of the molecule is Cc1cc(N[C@@H](C)[C@H](C)n2cccn2)nc(N)n1. The second kappa shape index (κ2) is 5.03. The van der Waals surface area contributed by atoms with Gasteiger partial charge in [-0.3, -0.25) is 4.68 Å². The molecule has 0 saturated carbocycles. The van der Waals surface area contributed by atoms with Gasteiger partial charge in [0.25, 0.3) is 0 Å². The first-order chi connectivity index (χ1) is 8.56. The molecule has 2 atom stereocenters. The standard InChI is InChI=1S/C12H18N6/c1-8-7-11(17-12(13)15-8)16-9(2)10(3)18-6-4-5-14-18/h4-7,9-10H,1-3H3,(H3,13,15,16,17)/t9-,10-/m0/s1. The Labute approximate surface area is 106 Å². The number of hydrogen-bond acceptors (Lipinski definition) is 5. The third-order valence-electron chi connectivity index (χ3n) is 2.91. The van der Waals surface area contributed by atoms with Gasteiger partial charge in [0.1, 0.15) is 5.82 Å². The van der Waals surface area contributed by atoms with Crippen molar-refractivity contribution in [2.45, 2.75) is 32.9 Å². The number of nitrogens with two attached hydrogens (primary N) is 1. The topological polar surface area (TPSA) is 81.7 Å². The highest BCUT2D eigenvalue weighted by Gasteiger charge is 2.14. The van der Waals surface area contributed by atoms with Crippen molar-refractivity contribution in [2.75, 3.05) is 11.1 Å². The van der Waals surface area contributed by atoms with Crippen LogP contribution < -0.4 is 11.1 Å². The summed E-state index contributed by atoms with van der Waals surface area (Å²) >= 11 is 0. The molecule has 2 aromatic heterocycles. The number of aromatic nitrogens is 4. The van der Waals surface area contributed by atoms with E-state index in [2.05, 4.69) is 34.2 Å². The van der Waals surface area contributed by atoms with Crippen molar-refractivity contribution >= 4 is 11.8 Å². The molecule has 0 bridgehead atoms. The van der Waals surface area contributed by atoms with Gasteiger partial charge < -0.3 is 11.1 Å². The van der Waals surface area contributed by atoms with Crippen LogP contribution in [0.3, 0.4) is 0 Å². The molecule has 0 aromatic carbocycles. The molecular formula is C12H18N6. The average Bonchev–Trinajstić information content (AvgIpc) is 2.79. The second-order valence-corrected chi connectivity index (χ2v) is 4.41. The van der Waals surface area contributed by atoms with Gasteiger partial charge in [0.05, 0.1) is 6.04 Å². The van der Waals surface area contributed by atoms with Crippen LogP contribution in [0.4, 0.5) is 11.8 Å². The summed E-state index contributed by atoms with van der Waals surface area (Å²) in [5, 5.41) is 7.55. The van der Waals surface area contributed by atoms with Crippen molar-refractivity contribution in [3.05, 3.63) is 30.2 Å². The van der Waals surface area contributed by atoms with E-state index in [1.54, 1.807) is 6.20 Å². The predicted octanol–water partition coefficient (Wildman–Crippen LogP) is 1.63. The molecule has 0 amide bonds. The molecule has 0 aliphatic heterocycles. The number of nitrogen functional groups attached to an aromatic ring is 1. The molecule has 18 heavy (non-hydrogen) atoms. The molecule has 2 heterocycles. The Kier molecular flexibility index (Phi) is 3.45. The summed E-state index contributed by atoms with van der Waals surface area (Å²) in [6, 6.07) is 4.19. The molecular weight excluding hydrogens is 228 g/mol. The molecule has 2 aromatic rings. The normalized spacial score (nSPS) is 14.2. The summed E-state index contributed by atoms with van der Waals surface area (Å²) in [5.41, 5.74) is 6.48. The molecule has 96 valence electrons. The maximum Gasteiger partial charge on any atom is 0.222 e. The lowest BCUT2D eigenvalue weighted by Crippen LogP contribution is -2.27. The molecule has 0 spiro atoms. The molecule has 0 saturated heterocycles. The minimum atomic E-state index is 0.179. The van der Waals surface area contributed by atoms with Gasteiger partial charge in [-0.2, -0.15) is 10.1 Å². The van der Waals surface area contributed by atoms with Crippen LogP contribution in [-0.4, -0.2) is 25.8 Å². The summed E-state index contributed by atoms with van der Waals surface area (Å²) in [5.74, 6) is 1.03. The van der Waals surface area contributed by atoms with Gasteiger partial charge >= 0.3 is 0 Å². The smallest absolute Gasteiger partial charge is 0.222 e. The third kappa shape index (κ3) is 2.77. The van der Waals surface area contributed by atoms with Crippen molar-refractivity contribution in [2.24, 2.45) is 0 Å². The van der Waals surface area contributed by atoms with E-state index >= 15 is 0 Å². The predicted molar refractivity (Wildman–Crippen MR) is 71.2 cm³/mol. The van der Waals surface area contributed by atoms with Gasteiger partial charge in [0.15, 0.2) is 0 Å². The minimum absolute atomic E-state index is 0.179. The second-order valence-electron chi connectivity index (χ2n) is 4.41. The van der Waals surface area contributed by atoms with Crippen LogP contribution in [0.2, 0.25) is 0 Å². The van der Waals surface area contributed by atoms with Crippen molar-refractivity contribution < 1.29 is 0 Å². The first kappa shape index (κ1) is 12.3. The fraction of sp³-hybridized carbons (Fsp3) is 0.417. The molecule has 6 nitrogen and oxygen atoms in total. The minimum Gasteiger partial charge on any atom is -0.368 e. The summed E-state index contributed by atoms with van der Waals surface area (Å²) < 4.78 is 1.91. The summed E-state index contributed by atoms with van der Waals surface area (Å²) in [6.45, 7) is 6.08. The van der Waals surface area contributed by atoms with E-state index in [0.717, 1.165) is 11.5 Å². The Balaban J connectivity index is 2.09. The molecule has 0 aliphatic carbocycles. The molecule has 2 rings (SSSR count). The number of nitrogens with one attached hydrogen (secondary N) is 1. The number of rotatable bonds is 4. The molecule has 0 fully saturated rings. The third-order valence-corrected chi connectivity index (χ3v) is 2.91. The van der Waals surface area contributed by atoms with E-state index in [9.17, 15) is 0 Å². The lowest BCUT2D eigenvalue weighted by atomic mass is 10.2. The van der Waals surface area contributed by atoms with Gasteiger partial charge in [0, 0.05) is 30.2 Å². The lowest BCUT2D eigenvalue weighted by Gasteiger charge is -2.22. The van der Waals surface area contributed by atoms with Gasteiger partial charge in [-0.1, -0.05) is 0 Å². The number of aryl methyl sites for hydroxylation is 1. The van der Waals surface area contributed by atoms with E-state index in [-0.39, 0.29) is 18.0 Å². The summed E-state index contributed by atoms with van der Waals surface area (Å²) in [4.78, 5) is 8.21. The highest BCUT2D eigenvalue weighted by Crippen LogP contribution is 2.15. The van der Waals surface area contributed by atoms with E-state index in [1.807, 2.05) is 29.9 Å². The van der Waals surface area contributed by atoms with E-state index in [0.29, 0.717) is 0 Å². The van der Waals surface area contributed by atoms with Crippen molar-refractivity contribution in [3.8, 4) is 0 Å². The van der Waals surface area contributed by atoms with Crippen molar-refractivity contribution in [3.63, 3.8) is 0 Å². The maximum atomic E-state index is 5.63. The fourth-order valence-electron chi connectivity index (χ4n) is 1.77. The average molecular weight is 246 g/mol. The number of nitrogens with zero attached hydrogens (tertiary/aromatic N) is 4. The van der Waals surface area contributed by atoms with Gasteiger partial charge in [0.2, 0.25) is 5.95 Å². The highest BCUT2D eigenvalue weighted by molar-refractivity contribution is 5.41. The van der Waals surface area contributed by atoms with E-state index in [4.69, 9.17) is 5.73 Å². The zero-order valence-electron chi connectivity index (χ0n) is 10.8. The Bertz CT molecular complexity index is 487. The van der Waals surface area contributed by atoms with E-state index < -0.39 is 0 Å². The first-order valence-corrected chi connectivity index (χ1v) is 5.93. The van der Waals surface area contributed by atoms with Gasteiger partial charge in [-0.15, -0.1) is 0 Å². The highest BCUT2D eigenvalue weighted by atomic mass is 15.3. The Morgan fingerprint density at radius 1 is 1.33 bits per heavy atom. The van der Waals surface area contributed by atoms with Crippen LogP contribution >= 0.6 is 0 Å². The quantitative estimate of drug-likeness (QED) is 0.856. The number of anilines is 2. The van der Waals surface area contributed by atoms with Crippen LogP contribution in [0.15, 0.2) is 24.5 Å². The van der Waals surface area contributed by atoms with Crippen molar-refractivity contribution in [1.82, 2.24) is 19.7 Å². The summed E-state index contributed by atoms with van der Waals surface area (Å²) in [7, 11) is 0. The molecule has 0 unspecified atom stereocenters. The lowest BCUT2D eigenvalue weighted by molar-refractivity contribution is 0.443. The molecule has 0 radical (unpaired) electrons. The van der Waals surface area contributed by atoms with Crippen LogP contribution in [0.1, 0.15) is 25.6 Å². The number of hydrogen-bond donors (Lipinski definition) is 2. The fourth-order valence-corrected chi connectivity index (χ4v) is 1.77. The van der Waals surface area contributed by atoms with Crippen LogP contribution in [0.25, 0.3) is 0 Å². The Hall–Kier alpha value is -2.11. The zero-order chi connectivity index (χ0) is 13.1. The molecule has 0 aliphatic rings. The van der Waals surface area contributed by atoms with Crippen LogP contribution in [0.5, 0.6) is 0 Å².